The fourth-order valence-electron chi connectivity index (χ4n) is 2.24. The Hall–Kier alpha value is -1.92. The van der Waals surface area contributed by atoms with Crippen LogP contribution in [0.15, 0.2) is 28.8 Å². The largest absolute Gasteiger partial charge is 0.348 e. The SMILES string of the molecule is CCCCC(CN)NC(=O)c1ccccc1-c1nc(C)no1.Cl. The summed E-state index contributed by atoms with van der Waals surface area (Å²) in [5.41, 5.74) is 6.88. The van der Waals surface area contributed by atoms with Crippen molar-refractivity contribution >= 4 is 18.3 Å². The van der Waals surface area contributed by atoms with Crippen molar-refractivity contribution in [2.24, 2.45) is 5.73 Å². The Labute approximate surface area is 142 Å². The Balaban J connectivity index is 0.00000264. The summed E-state index contributed by atoms with van der Waals surface area (Å²) >= 11 is 0. The monoisotopic (exact) mass is 338 g/mol. The van der Waals surface area contributed by atoms with Crippen LogP contribution in [0.4, 0.5) is 0 Å². The number of halogens is 1. The van der Waals surface area contributed by atoms with E-state index in [1.165, 1.54) is 0 Å². The normalized spacial score (nSPS) is 11.6. The first kappa shape index (κ1) is 19.1. The number of hydrogen-bond donors (Lipinski definition) is 2. The van der Waals surface area contributed by atoms with Gasteiger partial charge in [-0.25, -0.2) is 0 Å². The molecule has 0 saturated heterocycles. The number of nitrogens with zero attached hydrogens (tertiary/aromatic N) is 2. The molecule has 2 aromatic rings. The van der Waals surface area contributed by atoms with Gasteiger partial charge in [0.15, 0.2) is 5.82 Å². The van der Waals surface area contributed by atoms with Gasteiger partial charge >= 0.3 is 0 Å². The number of amides is 1. The van der Waals surface area contributed by atoms with Crippen molar-refractivity contribution in [3.8, 4) is 11.5 Å². The molecule has 1 atom stereocenters. The molecular weight excluding hydrogens is 316 g/mol. The molecule has 0 aliphatic rings. The maximum Gasteiger partial charge on any atom is 0.258 e. The van der Waals surface area contributed by atoms with Gasteiger partial charge in [0.05, 0.1) is 11.1 Å². The first-order valence-electron chi connectivity index (χ1n) is 7.56. The minimum Gasteiger partial charge on any atom is -0.348 e. The molecule has 0 saturated carbocycles. The lowest BCUT2D eigenvalue weighted by atomic mass is 10.1. The quantitative estimate of drug-likeness (QED) is 0.809. The third kappa shape index (κ3) is 5.04. The average Bonchev–Trinajstić information content (AvgIpc) is 2.97. The van der Waals surface area contributed by atoms with Gasteiger partial charge in [-0.3, -0.25) is 4.79 Å². The van der Waals surface area contributed by atoms with Crippen molar-refractivity contribution < 1.29 is 9.32 Å². The van der Waals surface area contributed by atoms with Crippen molar-refractivity contribution in [1.82, 2.24) is 15.5 Å². The molecule has 7 heteroatoms. The molecule has 0 fully saturated rings. The predicted molar refractivity (Wildman–Crippen MR) is 91.6 cm³/mol. The van der Waals surface area contributed by atoms with Crippen LogP contribution in [-0.2, 0) is 0 Å². The number of unbranched alkanes of at least 4 members (excludes halogenated alkanes) is 1. The predicted octanol–water partition coefficient (Wildman–Crippen LogP) is 2.71. The van der Waals surface area contributed by atoms with E-state index in [-0.39, 0.29) is 24.4 Å². The molecule has 3 N–H and O–H groups in total. The number of aromatic nitrogens is 2. The summed E-state index contributed by atoms with van der Waals surface area (Å²) in [6.07, 6.45) is 2.98. The molecule has 0 aliphatic carbocycles. The molecule has 126 valence electrons. The Bertz CT molecular complexity index is 630. The van der Waals surface area contributed by atoms with Gasteiger partial charge in [0.2, 0.25) is 0 Å². The van der Waals surface area contributed by atoms with Gasteiger partial charge in [-0.15, -0.1) is 12.4 Å². The molecule has 1 aromatic heterocycles. The lowest BCUT2D eigenvalue weighted by Crippen LogP contribution is -2.40. The van der Waals surface area contributed by atoms with Crippen LogP contribution in [0.5, 0.6) is 0 Å². The lowest BCUT2D eigenvalue weighted by molar-refractivity contribution is 0.0936. The van der Waals surface area contributed by atoms with E-state index in [0.29, 0.717) is 29.4 Å². The standard InChI is InChI=1S/C16H22N4O2.ClH/c1-3-4-7-12(10-17)19-15(21)13-8-5-6-9-14(13)16-18-11(2)20-22-16;/h5-6,8-9,12H,3-4,7,10,17H2,1-2H3,(H,19,21);1H. The molecule has 1 heterocycles. The topological polar surface area (TPSA) is 94.0 Å². The van der Waals surface area contributed by atoms with Crippen LogP contribution in [0, 0.1) is 6.92 Å². The van der Waals surface area contributed by atoms with E-state index in [1.807, 2.05) is 12.1 Å². The molecule has 23 heavy (non-hydrogen) atoms. The third-order valence-electron chi connectivity index (χ3n) is 3.46. The van der Waals surface area contributed by atoms with Crippen LogP contribution >= 0.6 is 12.4 Å². The Morgan fingerprint density at radius 1 is 1.39 bits per heavy atom. The highest BCUT2D eigenvalue weighted by Crippen LogP contribution is 2.22. The Morgan fingerprint density at radius 2 is 2.13 bits per heavy atom. The van der Waals surface area contributed by atoms with E-state index in [9.17, 15) is 4.79 Å². The zero-order chi connectivity index (χ0) is 15.9. The fraction of sp³-hybridized carbons (Fsp3) is 0.438. The molecule has 6 nitrogen and oxygen atoms in total. The van der Waals surface area contributed by atoms with Crippen LogP contribution in [0.1, 0.15) is 42.4 Å². The van der Waals surface area contributed by atoms with Gasteiger partial charge in [0.1, 0.15) is 0 Å². The summed E-state index contributed by atoms with van der Waals surface area (Å²) in [6, 6.07) is 7.17. The number of aryl methyl sites for hydroxylation is 1. The molecule has 1 aromatic carbocycles. The van der Waals surface area contributed by atoms with Gasteiger partial charge in [-0.1, -0.05) is 37.1 Å². The van der Waals surface area contributed by atoms with Gasteiger partial charge in [-0.2, -0.15) is 4.98 Å². The zero-order valence-corrected chi connectivity index (χ0v) is 14.2. The second-order valence-electron chi connectivity index (χ2n) is 5.24. The number of nitrogens with one attached hydrogen (secondary N) is 1. The molecule has 0 aliphatic heterocycles. The summed E-state index contributed by atoms with van der Waals surface area (Å²) in [4.78, 5) is 16.7. The number of carbonyl (C=O) groups is 1. The number of nitrogens with two attached hydrogens (primary N) is 1. The van der Waals surface area contributed by atoms with E-state index in [2.05, 4.69) is 22.4 Å². The van der Waals surface area contributed by atoms with Gasteiger partial charge < -0.3 is 15.6 Å². The van der Waals surface area contributed by atoms with Crippen molar-refractivity contribution in [2.75, 3.05) is 6.54 Å². The van der Waals surface area contributed by atoms with E-state index in [1.54, 1.807) is 19.1 Å². The van der Waals surface area contributed by atoms with Crippen LogP contribution in [0.2, 0.25) is 0 Å². The Kier molecular flexibility index (Phi) is 7.71. The molecular formula is C16H23ClN4O2. The summed E-state index contributed by atoms with van der Waals surface area (Å²) in [5, 5.41) is 6.75. The maximum atomic E-state index is 12.5. The number of carbonyl (C=O) groups excluding carboxylic acids is 1. The second-order valence-corrected chi connectivity index (χ2v) is 5.24. The average molecular weight is 339 g/mol. The van der Waals surface area contributed by atoms with Crippen molar-refractivity contribution in [1.29, 1.82) is 0 Å². The van der Waals surface area contributed by atoms with Crippen LogP contribution in [0.3, 0.4) is 0 Å². The van der Waals surface area contributed by atoms with E-state index in [4.69, 9.17) is 10.3 Å². The molecule has 1 unspecified atom stereocenters. The summed E-state index contributed by atoms with van der Waals surface area (Å²) in [5.74, 6) is 0.715. The van der Waals surface area contributed by atoms with E-state index >= 15 is 0 Å². The first-order chi connectivity index (χ1) is 10.7. The fourth-order valence-corrected chi connectivity index (χ4v) is 2.24. The van der Waals surface area contributed by atoms with Crippen molar-refractivity contribution in [3.05, 3.63) is 35.7 Å². The van der Waals surface area contributed by atoms with E-state index < -0.39 is 0 Å². The lowest BCUT2D eigenvalue weighted by Gasteiger charge is -2.17. The Morgan fingerprint density at radius 3 is 2.74 bits per heavy atom. The smallest absolute Gasteiger partial charge is 0.258 e. The summed E-state index contributed by atoms with van der Waals surface area (Å²) < 4.78 is 5.17. The number of hydrogen-bond acceptors (Lipinski definition) is 5. The minimum atomic E-state index is -0.169. The van der Waals surface area contributed by atoms with Gasteiger partial charge in [-0.05, 0) is 25.5 Å². The summed E-state index contributed by atoms with van der Waals surface area (Å²) in [7, 11) is 0. The molecule has 1 amide bonds. The highest BCUT2D eigenvalue weighted by Gasteiger charge is 2.18. The number of rotatable bonds is 7. The number of benzene rings is 1. The summed E-state index contributed by atoms with van der Waals surface area (Å²) in [6.45, 7) is 4.28. The van der Waals surface area contributed by atoms with Crippen LogP contribution in [0.25, 0.3) is 11.5 Å². The van der Waals surface area contributed by atoms with E-state index in [0.717, 1.165) is 19.3 Å². The van der Waals surface area contributed by atoms with Gasteiger partial charge in [0.25, 0.3) is 11.8 Å². The highest BCUT2D eigenvalue weighted by atomic mass is 35.5. The first-order valence-corrected chi connectivity index (χ1v) is 7.56. The molecule has 2 rings (SSSR count). The molecule has 0 spiro atoms. The van der Waals surface area contributed by atoms with Crippen LogP contribution in [-0.4, -0.2) is 28.6 Å². The van der Waals surface area contributed by atoms with Crippen molar-refractivity contribution in [3.63, 3.8) is 0 Å². The third-order valence-corrected chi connectivity index (χ3v) is 3.46. The van der Waals surface area contributed by atoms with Gasteiger partial charge in [0, 0.05) is 12.6 Å². The second kappa shape index (κ2) is 9.27. The zero-order valence-electron chi connectivity index (χ0n) is 13.4. The van der Waals surface area contributed by atoms with Crippen LogP contribution < -0.4 is 11.1 Å². The van der Waals surface area contributed by atoms with Crippen molar-refractivity contribution in [2.45, 2.75) is 39.2 Å². The minimum absolute atomic E-state index is 0. The maximum absolute atomic E-state index is 12.5. The molecule has 0 bridgehead atoms. The highest BCUT2D eigenvalue weighted by molar-refractivity contribution is 6.00. The molecule has 0 radical (unpaired) electrons.